The largest absolute Gasteiger partial charge is 0.228 e. The van der Waals surface area contributed by atoms with Crippen molar-refractivity contribution in [3.05, 3.63) is 107 Å². The van der Waals surface area contributed by atoms with Crippen LogP contribution in [0.1, 0.15) is 0 Å². The monoisotopic (exact) mass is 540 g/mol. The Bertz CT molecular complexity index is 1590. The topological polar surface area (TPSA) is 25.8 Å². The van der Waals surface area contributed by atoms with E-state index in [-0.39, 0.29) is 0 Å². The lowest BCUT2D eigenvalue weighted by atomic mass is 10.0. The lowest BCUT2D eigenvalue weighted by Crippen LogP contribution is -1.95. The molecule has 2 nitrogen and oxygen atoms in total. The molecule has 2 heterocycles. The van der Waals surface area contributed by atoms with Crippen LogP contribution in [-0.4, -0.2) is 9.97 Å². The van der Waals surface area contributed by atoms with E-state index in [4.69, 9.17) is 9.97 Å². The molecule has 0 bridgehead atoms. The minimum atomic E-state index is 0.770. The van der Waals surface area contributed by atoms with E-state index in [1.807, 2.05) is 17.4 Å². The Morgan fingerprint density at radius 1 is 0.594 bits per heavy atom. The van der Waals surface area contributed by atoms with Gasteiger partial charge in [-0.3, -0.25) is 0 Å². The van der Waals surface area contributed by atoms with E-state index < -0.39 is 0 Å². The van der Waals surface area contributed by atoms with Gasteiger partial charge in [-0.15, -0.1) is 11.3 Å². The zero-order valence-corrected chi connectivity index (χ0v) is 20.0. The fourth-order valence-corrected chi connectivity index (χ4v) is 5.79. The van der Waals surface area contributed by atoms with Gasteiger partial charge in [-0.05, 0) is 58.0 Å². The molecule has 4 heteroatoms. The molecular weight excluding hydrogens is 523 g/mol. The summed E-state index contributed by atoms with van der Waals surface area (Å²) < 4.78 is 3.49. The van der Waals surface area contributed by atoms with Crippen molar-refractivity contribution >= 4 is 54.1 Å². The molecule has 0 atom stereocenters. The second kappa shape index (κ2) is 8.11. The SMILES string of the molecule is Ic1cc(-c2cccc(-c3ccccc3)c2)nc(-c2cccc3sc4ccccc4c23)n1. The zero-order valence-electron chi connectivity index (χ0n) is 17.0. The first-order chi connectivity index (χ1) is 15.8. The van der Waals surface area contributed by atoms with Gasteiger partial charge < -0.3 is 0 Å². The normalized spacial score (nSPS) is 11.3. The second-order valence-corrected chi connectivity index (χ2v) is 9.81. The molecule has 2 aromatic heterocycles. The summed E-state index contributed by atoms with van der Waals surface area (Å²) in [4.78, 5) is 9.86. The minimum absolute atomic E-state index is 0.770. The van der Waals surface area contributed by atoms with E-state index in [9.17, 15) is 0 Å². The molecular formula is C28H17IN2S. The molecule has 6 rings (SSSR count). The van der Waals surface area contributed by atoms with E-state index in [1.54, 1.807) is 0 Å². The van der Waals surface area contributed by atoms with Crippen LogP contribution in [0, 0.1) is 3.70 Å². The summed E-state index contributed by atoms with van der Waals surface area (Å²) in [6, 6.07) is 36.1. The van der Waals surface area contributed by atoms with Gasteiger partial charge in [0.2, 0.25) is 0 Å². The van der Waals surface area contributed by atoms with E-state index >= 15 is 0 Å². The average Bonchev–Trinajstić information content (AvgIpc) is 3.23. The number of hydrogen-bond donors (Lipinski definition) is 0. The van der Waals surface area contributed by atoms with Crippen LogP contribution < -0.4 is 0 Å². The lowest BCUT2D eigenvalue weighted by molar-refractivity contribution is 1.15. The molecule has 0 aliphatic rings. The van der Waals surface area contributed by atoms with Crippen LogP contribution in [0.3, 0.4) is 0 Å². The summed E-state index contributed by atoms with van der Waals surface area (Å²) in [6.07, 6.45) is 0. The number of hydrogen-bond acceptors (Lipinski definition) is 3. The molecule has 4 aromatic carbocycles. The van der Waals surface area contributed by atoms with Gasteiger partial charge in [-0.1, -0.05) is 78.9 Å². The Labute approximate surface area is 203 Å². The predicted molar refractivity (Wildman–Crippen MR) is 144 cm³/mol. The zero-order chi connectivity index (χ0) is 21.5. The van der Waals surface area contributed by atoms with E-state index in [2.05, 4.69) is 120 Å². The highest BCUT2D eigenvalue weighted by Crippen LogP contribution is 2.39. The fraction of sp³-hybridized carbons (Fsp3) is 0. The Balaban J connectivity index is 1.53. The Hall–Kier alpha value is -3.09. The van der Waals surface area contributed by atoms with Crippen molar-refractivity contribution in [1.82, 2.24) is 9.97 Å². The highest BCUT2D eigenvalue weighted by Gasteiger charge is 2.14. The quantitative estimate of drug-likeness (QED) is 0.166. The molecule has 152 valence electrons. The summed E-state index contributed by atoms with van der Waals surface area (Å²) in [5, 5.41) is 2.50. The summed E-state index contributed by atoms with van der Waals surface area (Å²) in [7, 11) is 0. The predicted octanol–water partition coefficient (Wildman–Crippen LogP) is 8.45. The maximum Gasteiger partial charge on any atom is 0.161 e. The molecule has 0 fully saturated rings. The van der Waals surface area contributed by atoms with Crippen molar-refractivity contribution in [1.29, 1.82) is 0 Å². The maximum atomic E-state index is 5.03. The van der Waals surface area contributed by atoms with E-state index in [0.717, 1.165) is 26.3 Å². The number of aromatic nitrogens is 2. The minimum Gasteiger partial charge on any atom is -0.228 e. The first-order valence-corrected chi connectivity index (χ1v) is 12.3. The summed E-state index contributed by atoms with van der Waals surface area (Å²) in [5.41, 5.74) is 5.50. The number of halogens is 1. The maximum absolute atomic E-state index is 5.03. The van der Waals surface area contributed by atoms with Gasteiger partial charge >= 0.3 is 0 Å². The van der Waals surface area contributed by atoms with Crippen molar-refractivity contribution in [2.24, 2.45) is 0 Å². The molecule has 0 aliphatic carbocycles. The Kier molecular flexibility index (Phi) is 4.97. The Morgan fingerprint density at radius 3 is 2.22 bits per heavy atom. The van der Waals surface area contributed by atoms with Gasteiger partial charge in [0.05, 0.1) is 5.69 Å². The van der Waals surface area contributed by atoms with Crippen molar-refractivity contribution < 1.29 is 0 Å². The summed E-state index contributed by atoms with van der Waals surface area (Å²) >= 11 is 4.11. The molecule has 0 spiro atoms. The van der Waals surface area contributed by atoms with E-state index in [1.165, 1.54) is 31.3 Å². The molecule has 0 N–H and O–H groups in total. The Morgan fingerprint density at radius 2 is 1.31 bits per heavy atom. The highest BCUT2D eigenvalue weighted by atomic mass is 127. The van der Waals surface area contributed by atoms with Crippen molar-refractivity contribution in [3.63, 3.8) is 0 Å². The van der Waals surface area contributed by atoms with Crippen LogP contribution in [0.25, 0.3) is 53.9 Å². The number of nitrogens with zero attached hydrogens (tertiary/aromatic N) is 2. The molecule has 0 amide bonds. The first-order valence-electron chi connectivity index (χ1n) is 10.4. The highest BCUT2D eigenvalue weighted by molar-refractivity contribution is 14.1. The van der Waals surface area contributed by atoms with Crippen molar-refractivity contribution in [2.45, 2.75) is 0 Å². The summed E-state index contributed by atoms with van der Waals surface area (Å²) in [5.74, 6) is 0.770. The van der Waals surface area contributed by atoms with Gasteiger partial charge in [0.25, 0.3) is 0 Å². The van der Waals surface area contributed by atoms with Crippen LogP contribution in [0.4, 0.5) is 0 Å². The number of benzene rings is 4. The smallest absolute Gasteiger partial charge is 0.161 e. The number of rotatable bonds is 3. The molecule has 0 radical (unpaired) electrons. The first kappa shape index (κ1) is 19.6. The van der Waals surface area contributed by atoms with E-state index in [0.29, 0.717) is 0 Å². The van der Waals surface area contributed by atoms with Gasteiger partial charge in [-0.25, -0.2) is 9.97 Å². The van der Waals surface area contributed by atoms with Gasteiger partial charge in [0.1, 0.15) is 3.70 Å². The molecule has 32 heavy (non-hydrogen) atoms. The summed E-state index contributed by atoms with van der Waals surface area (Å²) in [6.45, 7) is 0. The average molecular weight is 540 g/mol. The third kappa shape index (κ3) is 3.49. The van der Waals surface area contributed by atoms with Crippen molar-refractivity contribution in [3.8, 4) is 33.8 Å². The standard InChI is InChI=1S/C28H17IN2S/c29-26-17-23(20-11-6-10-19(16-20)18-8-2-1-3-9-18)30-28(31-26)22-13-7-15-25-27(22)21-12-4-5-14-24(21)32-25/h1-17H. The van der Waals surface area contributed by atoms with Gasteiger partial charge in [-0.2, -0.15) is 0 Å². The third-order valence-electron chi connectivity index (χ3n) is 5.60. The number of fused-ring (bicyclic) bond motifs is 3. The third-order valence-corrected chi connectivity index (χ3v) is 7.29. The molecule has 0 aliphatic heterocycles. The fourth-order valence-electron chi connectivity index (χ4n) is 4.14. The molecule has 0 saturated carbocycles. The van der Waals surface area contributed by atoms with Crippen LogP contribution in [0.2, 0.25) is 0 Å². The molecule has 0 unspecified atom stereocenters. The van der Waals surface area contributed by atoms with Crippen LogP contribution >= 0.6 is 33.9 Å². The lowest BCUT2D eigenvalue weighted by Gasteiger charge is -2.09. The van der Waals surface area contributed by atoms with Crippen LogP contribution in [0.15, 0.2) is 103 Å². The van der Waals surface area contributed by atoms with Crippen LogP contribution in [0.5, 0.6) is 0 Å². The van der Waals surface area contributed by atoms with Gasteiger partial charge in [0, 0.05) is 31.3 Å². The number of thiophene rings is 1. The van der Waals surface area contributed by atoms with Crippen LogP contribution in [-0.2, 0) is 0 Å². The second-order valence-electron chi connectivity index (χ2n) is 7.62. The van der Waals surface area contributed by atoms with Gasteiger partial charge in [0.15, 0.2) is 5.82 Å². The molecule has 6 aromatic rings. The molecule has 0 saturated heterocycles. The van der Waals surface area contributed by atoms with Crippen molar-refractivity contribution in [2.75, 3.05) is 0 Å².